The Balaban J connectivity index is 0.00000200. The molecule has 1 heterocycles. The molecule has 3 atom stereocenters. The van der Waals surface area contributed by atoms with E-state index in [0.717, 1.165) is 32.0 Å². The average Bonchev–Trinajstić information content (AvgIpc) is 2.39. The summed E-state index contributed by atoms with van der Waals surface area (Å²) in [6.07, 6.45) is 8.46. The van der Waals surface area contributed by atoms with Gasteiger partial charge in [0, 0.05) is 19.5 Å². The Kier molecular flexibility index (Phi) is 7.90. The highest BCUT2D eigenvalue weighted by Gasteiger charge is 2.27. The normalized spacial score (nSPS) is 30.7. The third kappa shape index (κ3) is 5.25. The van der Waals surface area contributed by atoms with Gasteiger partial charge in [0.1, 0.15) is 0 Å². The van der Waals surface area contributed by atoms with E-state index >= 15 is 0 Å². The third-order valence-electron chi connectivity index (χ3n) is 4.87. The highest BCUT2D eigenvalue weighted by atomic mass is 35.5. The summed E-state index contributed by atoms with van der Waals surface area (Å²) in [7, 11) is 2.00. The van der Waals surface area contributed by atoms with Crippen LogP contribution in [0.2, 0.25) is 0 Å². The standard InChI is InChI=1S/C16H30N2O.ClH/c1-13-5-3-6-14(9-13)10-16(19)18-8-4-7-15(12-18)11-17-2;/h13-15,17H,3-12H2,1-2H3;1H. The van der Waals surface area contributed by atoms with Crippen LogP contribution in [0, 0.1) is 17.8 Å². The second-order valence-corrected chi connectivity index (χ2v) is 6.75. The monoisotopic (exact) mass is 302 g/mol. The van der Waals surface area contributed by atoms with Gasteiger partial charge in [0.15, 0.2) is 0 Å². The number of carbonyl (C=O) groups is 1. The number of piperidine rings is 1. The molecule has 1 aliphatic heterocycles. The van der Waals surface area contributed by atoms with E-state index in [2.05, 4.69) is 17.1 Å². The Morgan fingerprint density at radius 2 is 1.95 bits per heavy atom. The molecule has 0 aromatic rings. The Hall–Kier alpha value is -0.280. The molecular weight excluding hydrogens is 272 g/mol. The van der Waals surface area contributed by atoms with Crippen LogP contribution in [0.3, 0.4) is 0 Å². The molecule has 4 heteroatoms. The second-order valence-electron chi connectivity index (χ2n) is 6.75. The van der Waals surface area contributed by atoms with Gasteiger partial charge in [-0.25, -0.2) is 0 Å². The first-order chi connectivity index (χ1) is 9.19. The Morgan fingerprint density at radius 1 is 1.20 bits per heavy atom. The molecule has 0 radical (unpaired) electrons. The molecule has 2 fully saturated rings. The molecule has 20 heavy (non-hydrogen) atoms. The minimum atomic E-state index is 0. The number of likely N-dealkylation sites (tertiary alicyclic amines) is 1. The van der Waals surface area contributed by atoms with Crippen molar-refractivity contribution in [1.82, 2.24) is 10.2 Å². The van der Waals surface area contributed by atoms with Gasteiger partial charge in [-0.15, -0.1) is 12.4 Å². The van der Waals surface area contributed by atoms with Crippen LogP contribution in [0.5, 0.6) is 0 Å². The van der Waals surface area contributed by atoms with Crippen LogP contribution in [0.4, 0.5) is 0 Å². The summed E-state index contributed by atoms with van der Waals surface area (Å²) in [4.78, 5) is 14.6. The maximum Gasteiger partial charge on any atom is 0.222 e. The zero-order valence-corrected chi connectivity index (χ0v) is 13.9. The van der Waals surface area contributed by atoms with Crippen LogP contribution < -0.4 is 5.32 Å². The SMILES string of the molecule is CNCC1CCCN(C(=O)CC2CCCC(C)C2)C1.Cl. The van der Waals surface area contributed by atoms with Gasteiger partial charge in [-0.1, -0.05) is 19.8 Å². The largest absolute Gasteiger partial charge is 0.342 e. The third-order valence-corrected chi connectivity index (χ3v) is 4.87. The molecule has 1 saturated carbocycles. The average molecular weight is 303 g/mol. The van der Waals surface area contributed by atoms with Crippen LogP contribution >= 0.6 is 12.4 Å². The first-order valence-electron chi connectivity index (χ1n) is 8.11. The highest BCUT2D eigenvalue weighted by Crippen LogP contribution is 2.31. The molecule has 118 valence electrons. The number of nitrogens with one attached hydrogen (secondary N) is 1. The zero-order valence-electron chi connectivity index (χ0n) is 13.1. The van der Waals surface area contributed by atoms with Crippen molar-refractivity contribution in [2.24, 2.45) is 17.8 Å². The number of rotatable bonds is 4. The molecule has 0 aromatic carbocycles. The van der Waals surface area contributed by atoms with Crippen LogP contribution in [0.1, 0.15) is 51.9 Å². The number of carbonyl (C=O) groups excluding carboxylic acids is 1. The van der Waals surface area contributed by atoms with Crippen molar-refractivity contribution >= 4 is 18.3 Å². The molecule has 2 rings (SSSR count). The van der Waals surface area contributed by atoms with Gasteiger partial charge in [0.05, 0.1) is 0 Å². The predicted molar refractivity (Wildman–Crippen MR) is 86.2 cm³/mol. The Bertz CT molecular complexity index is 296. The van der Waals surface area contributed by atoms with E-state index in [4.69, 9.17) is 0 Å². The van der Waals surface area contributed by atoms with Crippen molar-refractivity contribution in [1.29, 1.82) is 0 Å². The first-order valence-corrected chi connectivity index (χ1v) is 8.11. The lowest BCUT2D eigenvalue weighted by molar-refractivity contribution is -0.134. The maximum atomic E-state index is 12.4. The van der Waals surface area contributed by atoms with Gasteiger partial charge < -0.3 is 10.2 Å². The molecule has 0 bridgehead atoms. The van der Waals surface area contributed by atoms with Crippen molar-refractivity contribution in [2.75, 3.05) is 26.7 Å². The molecular formula is C16H31ClN2O. The quantitative estimate of drug-likeness (QED) is 0.865. The molecule has 1 N–H and O–H groups in total. The molecule has 1 aliphatic carbocycles. The minimum Gasteiger partial charge on any atom is -0.342 e. The summed E-state index contributed by atoms with van der Waals surface area (Å²) in [6.45, 7) is 5.34. The van der Waals surface area contributed by atoms with Crippen molar-refractivity contribution in [3.63, 3.8) is 0 Å². The van der Waals surface area contributed by atoms with Gasteiger partial charge >= 0.3 is 0 Å². The van der Waals surface area contributed by atoms with E-state index in [-0.39, 0.29) is 12.4 Å². The fraction of sp³-hybridized carbons (Fsp3) is 0.938. The fourth-order valence-electron chi connectivity index (χ4n) is 3.87. The molecule has 3 nitrogen and oxygen atoms in total. The van der Waals surface area contributed by atoms with E-state index in [9.17, 15) is 4.79 Å². The van der Waals surface area contributed by atoms with Crippen molar-refractivity contribution < 1.29 is 4.79 Å². The topological polar surface area (TPSA) is 32.3 Å². The van der Waals surface area contributed by atoms with Gasteiger partial charge in [-0.3, -0.25) is 4.79 Å². The van der Waals surface area contributed by atoms with E-state index in [1.807, 2.05) is 7.05 Å². The molecule has 3 unspecified atom stereocenters. The van der Waals surface area contributed by atoms with Crippen molar-refractivity contribution in [3.05, 3.63) is 0 Å². The van der Waals surface area contributed by atoms with Gasteiger partial charge in [-0.2, -0.15) is 0 Å². The summed E-state index contributed by atoms with van der Waals surface area (Å²) in [5, 5.41) is 3.25. The molecule has 0 aromatic heterocycles. The highest BCUT2D eigenvalue weighted by molar-refractivity contribution is 5.85. The molecule has 0 spiro atoms. The second kappa shape index (κ2) is 8.89. The number of nitrogens with zero attached hydrogens (tertiary/aromatic N) is 1. The zero-order chi connectivity index (χ0) is 13.7. The van der Waals surface area contributed by atoms with Crippen LogP contribution in [-0.2, 0) is 4.79 Å². The van der Waals surface area contributed by atoms with E-state index in [0.29, 0.717) is 17.7 Å². The maximum absolute atomic E-state index is 12.4. The number of amides is 1. The van der Waals surface area contributed by atoms with Crippen LogP contribution in [0.15, 0.2) is 0 Å². The van der Waals surface area contributed by atoms with Gasteiger partial charge in [0.25, 0.3) is 0 Å². The lowest BCUT2D eigenvalue weighted by Gasteiger charge is -2.34. The minimum absolute atomic E-state index is 0. The summed E-state index contributed by atoms with van der Waals surface area (Å²) in [5.74, 6) is 2.55. The summed E-state index contributed by atoms with van der Waals surface area (Å²) in [5.41, 5.74) is 0. The number of hydrogen-bond donors (Lipinski definition) is 1. The Labute approximate surface area is 130 Å². The number of halogens is 1. The smallest absolute Gasteiger partial charge is 0.222 e. The first kappa shape index (κ1) is 17.8. The summed E-state index contributed by atoms with van der Waals surface area (Å²) in [6, 6.07) is 0. The molecule has 2 aliphatic rings. The molecule has 1 saturated heterocycles. The van der Waals surface area contributed by atoms with E-state index in [1.54, 1.807) is 0 Å². The van der Waals surface area contributed by atoms with Crippen molar-refractivity contribution in [2.45, 2.75) is 51.9 Å². The van der Waals surface area contributed by atoms with Gasteiger partial charge in [0.2, 0.25) is 5.91 Å². The number of hydrogen-bond acceptors (Lipinski definition) is 2. The predicted octanol–water partition coefficient (Wildman–Crippen LogP) is 3.08. The fourth-order valence-corrected chi connectivity index (χ4v) is 3.87. The van der Waals surface area contributed by atoms with Crippen LogP contribution in [0.25, 0.3) is 0 Å². The van der Waals surface area contributed by atoms with Gasteiger partial charge in [-0.05, 0) is 57.0 Å². The van der Waals surface area contributed by atoms with Crippen molar-refractivity contribution in [3.8, 4) is 0 Å². The van der Waals surface area contributed by atoms with E-state index < -0.39 is 0 Å². The van der Waals surface area contributed by atoms with E-state index in [1.165, 1.54) is 38.5 Å². The van der Waals surface area contributed by atoms with Crippen LogP contribution in [-0.4, -0.2) is 37.5 Å². The molecule has 1 amide bonds. The lowest BCUT2D eigenvalue weighted by Crippen LogP contribution is -2.43. The summed E-state index contributed by atoms with van der Waals surface area (Å²) < 4.78 is 0. The Morgan fingerprint density at radius 3 is 2.65 bits per heavy atom. The lowest BCUT2D eigenvalue weighted by atomic mass is 9.80. The summed E-state index contributed by atoms with van der Waals surface area (Å²) >= 11 is 0.